The first-order valence-electron chi connectivity index (χ1n) is 7.51. The highest BCUT2D eigenvalue weighted by molar-refractivity contribution is 9.10. The SMILES string of the molecule is NC(=O)[C@@H](Cc1cc(Cl)ccc1Br)NC(=O)C1CCCCC1. The first-order chi connectivity index (χ1) is 10.5. The molecule has 1 fully saturated rings. The summed E-state index contributed by atoms with van der Waals surface area (Å²) in [7, 11) is 0. The number of nitrogens with two attached hydrogens (primary N) is 1. The second-order valence-electron chi connectivity index (χ2n) is 5.74. The summed E-state index contributed by atoms with van der Waals surface area (Å²) in [6.45, 7) is 0. The minimum atomic E-state index is -0.718. The molecule has 0 bridgehead atoms. The fraction of sp³-hybridized carbons (Fsp3) is 0.500. The number of rotatable bonds is 5. The van der Waals surface area contributed by atoms with Crippen molar-refractivity contribution in [1.82, 2.24) is 5.32 Å². The molecule has 0 aliphatic heterocycles. The molecule has 1 saturated carbocycles. The standard InChI is InChI=1S/C16H20BrClN2O2/c17-13-7-6-12(18)8-11(13)9-14(15(19)21)20-16(22)10-4-2-1-3-5-10/h6-8,10,14H,1-5,9H2,(H2,19,21)(H,20,22)/t14-/m1/s1. The van der Waals surface area contributed by atoms with Crippen molar-refractivity contribution in [3.05, 3.63) is 33.3 Å². The number of primary amides is 1. The summed E-state index contributed by atoms with van der Waals surface area (Å²) in [6, 6.07) is 4.63. The van der Waals surface area contributed by atoms with Crippen LogP contribution < -0.4 is 11.1 Å². The van der Waals surface area contributed by atoms with Crippen molar-refractivity contribution in [2.45, 2.75) is 44.6 Å². The van der Waals surface area contributed by atoms with Gasteiger partial charge in [0.25, 0.3) is 0 Å². The lowest BCUT2D eigenvalue weighted by atomic mass is 9.88. The van der Waals surface area contributed by atoms with Crippen molar-refractivity contribution in [3.63, 3.8) is 0 Å². The van der Waals surface area contributed by atoms with Crippen molar-refractivity contribution >= 4 is 39.3 Å². The fourth-order valence-electron chi connectivity index (χ4n) is 2.80. The average molecular weight is 388 g/mol. The minimum absolute atomic E-state index is 0.00148. The number of hydrogen-bond donors (Lipinski definition) is 2. The number of nitrogens with one attached hydrogen (secondary N) is 1. The predicted molar refractivity (Wildman–Crippen MR) is 90.6 cm³/mol. The first-order valence-corrected chi connectivity index (χ1v) is 8.68. The lowest BCUT2D eigenvalue weighted by Crippen LogP contribution is -2.48. The van der Waals surface area contributed by atoms with Crippen LogP contribution in [0.15, 0.2) is 22.7 Å². The van der Waals surface area contributed by atoms with Crippen LogP contribution in [0.4, 0.5) is 0 Å². The highest BCUT2D eigenvalue weighted by Crippen LogP contribution is 2.25. The van der Waals surface area contributed by atoms with Crippen molar-refractivity contribution in [1.29, 1.82) is 0 Å². The van der Waals surface area contributed by atoms with Gasteiger partial charge in [0, 0.05) is 21.8 Å². The quantitative estimate of drug-likeness (QED) is 0.814. The van der Waals surface area contributed by atoms with Crippen LogP contribution in [-0.4, -0.2) is 17.9 Å². The molecule has 1 aromatic rings. The van der Waals surface area contributed by atoms with Gasteiger partial charge in [-0.3, -0.25) is 9.59 Å². The van der Waals surface area contributed by atoms with Crippen LogP contribution in [0.25, 0.3) is 0 Å². The molecule has 4 nitrogen and oxygen atoms in total. The molecule has 0 unspecified atom stereocenters. The van der Waals surface area contributed by atoms with Crippen LogP contribution in [0.1, 0.15) is 37.7 Å². The summed E-state index contributed by atoms with van der Waals surface area (Å²) in [4.78, 5) is 24.0. The van der Waals surface area contributed by atoms with Gasteiger partial charge >= 0.3 is 0 Å². The van der Waals surface area contributed by atoms with Crippen LogP contribution in [0.2, 0.25) is 5.02 Å². The molecule has 22 heavy (non-hydrogen) atoms. The molecule has 120 valence electrons. The molecular weight excluding hydrogens is 368 g/mol. The Morgan fingerprint density at radius 1 is 1.32 bits per heavy atom. The smallest absolute Gasteiger partial charge is 0.240 e. The van der Waals surface area contributed by atoms with Gasteiger partial charge in [0.1, 0.15) is 6.04 Å². The van der Waals surface area contributed by atoms with Gasteiger partial charge in [-0.1, -0.05) is 46.8 Å². The summed E-state index contributed by atoms with van der Waals surface area (Å²) >= 11 is 9.41. The van der Waals surface area contributed by atoms with E-state index >= 15 is 0 Å². The molecule has 0 saturated heterocycles. The van der Waals surface area contributed by atoms with E-state index in [4.69, 9.17) is 17.3 Å². The third kappa shape index (κ3) is 4.71. The third-order valence-electron chi connectivity index (χ3n) is 4.07. The predicted octanol–water partition coefficient (Wildman–Crippen LogP) is 3.20. The van der Waals surface area contributed by atoms with E-state index in [1.807, 2.05) is 6.07 Å². The topological polar surface area (TPSA) is 72.2 Å². The Bertz CT molecular complexity index is 559. The van der Waals surface area contributed by atoms with Gasteiger partial charge in [-0.25, -0.2) is 0 Å². The van der Waals surface area contributed by atoms with Crippen LogP contribution in [0, 0.1) is 5.92 Å². The van der Waals surface area contributed by atoms with Crippen LogP contribution >= 0.6 is 27.5 Å². The number of carbonyl (C=O) groups excluding carboxylic acids is 2. The Hall–Kier alpha value is -1.07. The van der Waals surface area contributed by atoms with Gasteiger partial charge in [-0.15, -0.1) is 0 Å². The lowest BCUT2D eigenvalue weighted by Gasteiger charge is -2.24. The van der Waals surface area contributed by atoms with Gasteiger partial charge < -0.3 is 11.1 Å². The van der Waals surface area contributed by atoms with Crippen molar-refractivity contribution in [2.75, 3.05) is 0 Å². The zero-order valence-electron chi connectivity index (χ0n) is 12.3. The zero-order chi connectivity index (χ0) is 16.1. The largest absolute Gasteiger partial charge is 0.368 e. The molecule has 0 aromatic heterocycles. The maximum Gasteiger partial charge on any atom is 0.240 e. The van der Waals surface area contributed by atoms with Crippen molar-refractivity contribution in [3.8, 4) is 0 Å². The molecule has 2 amide bonds. The van der Waals surface area contributed by atoms with E-state index in [1.165, 1.54) is 6.42 Å². The molecule has 3 N–H and O–H groups in total. The van der Waals surface area contributed by atoms with Gasteiger partial charge in [-0.2, -0.15) is 0 Å². The molecule has 6 heteroatoms. The van der Waals surface area contributed by atoms with E-state index in [1.54, 1.807) is 12.1 Å². The second-order valence-corrected chi connectivity index (χ2v) is 7.03. The highest BCUT2D eigenvalue weighted by Gasteiger charge is 2.26. The maximum absolute atomic E-state index is 12.3. The Morgan fingerprint density at radius 2 is 2.00 bits per heavy atom. The van der Waals surface area contributed by atoms with Crippen LogP contribution in [0.5, 0.6) is 0 Å². The van der Waals surface area contributed by atoms with E-state index in [0.29, 0.717) is 11.4 Å². The van der Waals surface area contributed by atoms with Gasteiger partial charge in [0.15, 0.2) is 0 Å². The molecule has 0 radical (unpaired) electrons. The number of halogens is 2. The average Bonchev–Trinajstić information content (AvgIpc) is 2.50. The Labute approximate surface area is 143 Å². The van der Waals surface area contributed by atoms with E-state index in [9.17, 15) is 9.59 Å². The van der Waals surface area contributed by atoms with E-state index in [-0.39, 0.29) is 11.8 Å². The zero-order valence-corrected chi connectivity index (χ0v) is 14.6. The number of benzene rings is 1. The molecule has 2 rings (SSSR count). The third-order valence-corrected chi connectivity index (χ3v) is 5.08. The minimum Gasteiger partial charge on any atom is -0.368 e. The summed E-state index contributed by atoms with van der Waals surface area (Å²) < 4.78 is 0.843. The lowest BCUT2D eigenvalue weighted by molar-refractivity contribution is -0.130. The second kappa shape index (κ2) is 7.97. The Kier molecular flexibility index (Phi) is 6.26. The summed E-state index contributed by atoms with van der Waals surface area (Å²) in [5, 5.41) is 3.39. The summed E-state index contributed by atoms with van der Waals surface area (Å²) in [5.41, 5.74) is 6.30. The van der Waals surface area contributed by atoms with Crippen molar-refractivity contribution < 1.29 is 9.59 Å². The monoisotopic (exact) mass is 386 g/mol. The number of carbonyl (C=O) groups is 2. The van der Waals surface area contributed by atoms with Gasteiger partial charge in [0.2, 0.25) is 11.8 Å². The number of hydrogen-bond acceptors (Lipinski definition) is 2. The van der Waals surface area contributed by atoms with Crippen molar-refractivity contribution in [2.24, 2.45) is 11.7 Å². The molecule has 1 aliphatic carbocycles. The van der Waals surface area contributed by atoms with E-state index < -0.39 is 11.9 Å². The summed E-state index contributed by atoms with van der Waals surface area (Å²) in [5.74, 6) is -0.601. The molecule has 1 atom stereocenters. The van der Waals surface area contributed by atoms with E-state index in [2.05, 4.69) is 21.2 Å². The van der Waals surface area contributed by atoms with Gasteiger partial charge in [-0.05, 0) is 36.6 Å². The number of amides is 2. The normalized spacial score (nSPS) is 17.0. The van der Waals surface area contributed by atoms with E-state index in [0.717, 1.165) is 35.7 Å². The maximum atomic E-state index is 12.3. The molecule has 0 heterocycles. The Morgan fingerprint density at radius 3 is 2.64 bits per heavy atom. The first kappa shape index (κ1) is 17.3. The molecule has 0 spiro atoms. The molecule has 1 aliphatic rings. The molecule has 1 aromatic carbocycles. The van der Waals surface area contributed by atoms with Crippen LogP contribution in [-0.2, 0) is 16.0 Å². The Balaban J connectivity index is 2.04. The molecular formula is C16H20BrClN2O2. The highest BCUT2D eigenvalue weighted by atomic mass is 79.9. The van der Waals surface area contributed by atoms with Crippen LogP contribution in [0.3, 0.4) is 0 Å². The summed E-state index contributed by atoms with van der Waals surface area (Å²) in [6.07, 6.45) is 5.42. The fourth-order valence-corrected chi connectivity index (χ4v) is 3.40. The van der Waals surface area contributed by atoms with Gasteiger partial charge in [0.05, 0.1) is 0 Å².